The smallest absolute Gasteiger partial charge is 0.262 e. The molecule has 0 saturated heterocycles. The Kier molecular flexibility index (Phi) is 6.01. The first kappa shape index (κ1) is 20.7. The number of hydrogen-bond acceptors (Lipinski definition) is 5. The first-order valence-electron chi connectivity index (χ1n) is 8.53. The Morgan fingerprint density at radius 2 is 1.83 bits per heavy atom. The van der Waals surface area contributed by atoms with Gasteiger partial charge in [0.15, 0.2) is 10.8 Å². The van der Waals surface area contributed by atoms with Crippen LogP contribution in [0.1, 0.15) is 0 Å². The molecule has 1 amide bonds. The third-order valence-electron chi connectivity index (χ3n) is 4.03. The summed E-state index contributed by atoms with van der Waals surface area (Å²) in [5, 5.41) is 8.35. The summed E-state index contributed by atoms with van der Waals surface area (Å²) in [6, 6.07) is 12.3. The number of H-pyrrole nitrogens is 1. The minimum atomic E-state index is -0.370. The molecule has 0 aliphatic heterocycles. The highest BCUT2D eigenvalue weighted by Gasteiger charge is 2.15. The number of para-hydroxylation sites is 1. The highest BCUT2D eigenvalue weighted by Crippen LogP contribution is 2.33. The number of fused-ring (bicyclic) bond motifs is 1. The van der Waals surface area contributed by atoms with Crippen LogP contribution in [0.3, 0.4) is 0 Å². The first-order chi connectivity index (χ1) is 14.4. The predicted octanol–water partition coefficient (Wildman–Crippen LogP) is 4.80. The van der Waals surface area contributed by atoms with Gasteiger partial charge in [-0.2, -0.15) is 5.10 Å². The van der Waals surface area contributed by atoms with E-state index in [2.05, 4.69) is 20.4 Å². The lowest BCUT2D eigenvalue weighted by Crippen LogP contribution is -2.16. The number of hydrogen-bond donors (Lipinski definition) is 2. The molecule has 30 heavy (non-hydrogen) atoms. The molecule has 0 spiro atoms. The number of carbonyl (C=O) groups is 1. The van der Waals surface area contributed by atoms with E-state index in [-0.39, 0.29) is 38.1 Å². The summed E-state index contributed by atoms with van der Waals surface area (Å²) >= 11 is 19.1. The number of anilines is 1. The van der Waals surface area contributed by atoms with E-state index in [4.69, 9.17) is 34.8 Å². The van der Waals surface area contributed by atoms with E-state index in [0.29, 0.717) is 16.1 Å². The molecule has 0 bridgehead atoms. The van der Waals surface area contributed by atoms with Crippen LogP contribution in [0.4, 0.5) is 5.69 Å². The van der Waals surface area contributed by atoms with Crippen LogP contribution in [0.2, 0.25) is 15.1 Å². The molecule has 0 atom stereocenters. The molecule has 0 fully saturated rings. The standard InChI is InChI=1S/C19H12Cl3N5O2S/c20-10-6-13(21)16(14(22)7-10)24-15(28)9-30-19-25-17-12(18(29)26-19)8-23-27(17)11-4-2-1-3-5-11/h1-8H,9H2,(H,24,28)(H,25,26,29). The maximum Gasteiger partial charge on any atom is 0.262 e. The van der Waals surface area contributed by atoms with Crippen LogP contribution in [-0.2, 0) is 4.79 Å². The largest absolute Gasteiger partial charge is 0.323 e. The number of amides is 1. The van der Waals surface area contributed by atoms with E-state index in [1.165, 1.54) is 18.3 Å². The molecule has 0 aliphatic rings. The molecule has 0 radical (unpaired) electrons. The zero-order valence-corrected chi connectivity index (χ0v) is 18.1. The summed E-state index contributed by atoms with van der Waals surface area (Å²) in [5.41, 5.74) is 1.10. The van der Waals surface area contributed by atoms with Gasteiger partial charge in [0.05, 0.1) is 33.4 Å². The van der Waals surface area contributed by atoms with Crippen LogP contribution in [-0.4, -0.2) is 31.4 Å². The molecular formula is C19H12Cl3N5O2S. The van der Waals surface area contributed by atoms with Crippen molar-refractivity contribution in [1.82, 2.24) is 19.7 Å². The molecule has 0 saturated carbocycles. The summed E-state index contributed by atoms with van der Waals surface area (Å²) in [7, 11) is 0. The van der Waals surface area contributed by atoms with E-state index in [1.807, 2.05) is 30.3 Å². The average molecular weight is 481 g/mol. The Hall–Kier alpha value is -2.52. The van der Waals surface area contributed by atoms with Crippen LogP contribution >= 0.6 is 46.6 Å². The molecule has 7 nitrogen and oxygen atoms in total. The van der Waals surface area contributed by atoms with Crippen molar-refractivity contribution < 1.29 is 4.79 Å². The molecular weight excluding hydrogens is 469 g/mol. The zero-order valence-electron chi connectivity index (χ0n) is 15.0. The van der Waals surface area contributed by atoms with E-state index >= 15 is 0 Å². The fraction of sp³-hybridized carbons (Fsp3) is 0.0526. The van der Waals surface area contributed by atoms with Crippen molar-refractivity contribution in [2.24, 2.45) is 0 Å². The number of rotatable bonds is 5. The molecule has 2 N–H and O–H groups in total. The van der Waals surface area contributed by atoms with Crippen molar-refractivity contribution in [2.45, 2.75) is 5.16 Å². The Labute approximate surface area is 189 Å². The van der Waals surface area contributed by atoms with Gasteiger partial charge >= 0.3 is 0 Å². The number of aromatic amines is 1. The summed E-state index contributed by atoms with van der Waals surface area (Å²) in [6.07, 6.45) is 1.46. The van der Waals surface area contributed by atoms with E-state index < -0.39 is 0 Å². The maximum atomic E-state index is 12.4. The van der Waals surface area contributed by atoms with Gasteiger partial charge in [-0.15, -0.1) is 0 Å². The average Bonchev–Trinajstić information content (AvgIpc) is 3.14. The van der Waals surface area contributed by atoms with Crippen LogP contribution in [0.25, 0.3) is 16.7 Å². The van der Waals surface area contributed by atoms with Gasteiger partial charge in [0.1, 0.15) is 5.39 Å². The second kappa shape index (κ2) is 8.69. The topological polar surface area (TPSA) is 92.7 Å². The zero-order chi connectivity index (χ0) is 21.3. The summed E-state index contributed by atoms with van der Waals surface area (Å²) in [6.45, 7) is 0. The fourth-order valence-corrected chi connectivity index (χ4v) is 4.26. The van der Waals surface area contributed by atoms with E-state index in [9.17, 15) is 9.59 Å². The second-order valence-corrected chi connectivity index (χ2v) is 8.30. The number of halogens is 3. The van der Waals surface area contributed by atoms with Crippen molar-refractivity contribution in [3.05, 3.63) is 74.1 Å². The molecule has 2 aromatic heterocycles. The Morgan fingerprint density at radius 3 is 2.53 bits per heavy atom. The minimum absolute atomic E-state index is 0.0246. The van der Waals surface area contributed by atoms with Gasteiger partial charge in [0, 0.05) is 5.02 Å². The highest BCUT2D eigenvalue weighted by molar-refractivity contribution is 7.99. The van der Waals surface area contributed by atoms with Crippen LogP contribution in [0, 0.1) is 0 Å². The van der Waals surface area contributed by atoms with Crippen molar-refractivity contribution in [3.8, 4) is 5.69 Å². The van der Waals surface area contributed by atoms with E-state index in [0.717, 1.165) is 17.4 Å². The van der Waals surface area contributed by atoms with Crippen molar-refractivity contribution >= 4 is 69.2 Å². The number of aromatic nitrogens is 4. The van der Waals surface area contributed by atoms with Crippen LogP contribution < -0.4 is 10.9 Å². The van der Waals surface area contributed by atoms with Crippen molar-refractivity contribution in [1.29, 1.82) is 0 Å². The third-order valence-corrected chi connectivity index (χ3v) is 5.72. The molecule has 2 heterocycles. The second-order valence-electron chi connectivity index (χ2n) is 6.08. The number of nitrogens with one attached hydrogen (secondary N) is 2. The molecule has 4 aromatic rings. The lowest BCUT2D eigenvalue weighted by atomic mass is 10.3. The molecule has 0 unspecified atom stereocenters. The SMILES string of the molecule is O=C(CSc1nc2c(cnn2-c2ccccc2)c(=O)[nH]1)Nc1c(Cl)cc(Cl)cc1Cl. The minimum Gasteiger partial charge on any atom is -0.323 e. The number of nitrogens with zero attached hydrogens (tertiary/aromatic N) is 3. The van der Waals surface area contributed by atoms with Gasteiger partial charge in [0.2, 0.25) is 5.91 Å². The lowest BCUT2D eigenvalue weighted by molar-refractivity contribution is -0.113. The highest BCUT2D eigenvalue weighted by atomic mass is 35.5. The van der Waals surface area contributed by atoms with Gasteiger partial charge in [-0.05, 0) is 24.3 Å². The summed E-state index contributed by atoms with van der Waals surface area (Å²) in [4.78, 5) is 31.8. The molecule has 152 valence electrons. The normalized spacial score (nSPS) is 11.0. The van der Waals surface area contributed by atoms with Crippen LogP contribution in [0.15, 0.2) is 58.6 Å². The number of benzene rings is 2. The van der Waals surface area contributed by atoms with Crippen molar-refractivity contribution in [2.75, 3.05) is 11.1 Å². The summed E-state index contributed by atoms with van der Waals surface area (Å²) < 4.78 is 1.57. The Balaban J connectivity index is 1.55. The van der Waals surface area contributed by atoms with Gasteiger partial charge < -0.3 is 10.3 Å². The van der Waals surface area contributed by atoms with E-state index in [1.54, 1.807) is 4.68 Å². The summed E-state index contributed by atoms with van der Waals surface area (Å²) in [5.74, 6) is -0.395. The first-order valence-corrected chi connectivity index (χ1v) is 10.6. The Morgan fingerprint density at radius 1 is 1.13 bits per heavy atom. The maximum absolute atomic E-state index is 12.4. The predicted molar refractivity (Wildman–Crippen MR) is 120 cm³/mol. The molecule has 11 heteroatoms. The van der Waals surface area contributed by atoms with Crippen molar-refractivity contribution in [3.63, 3.8) is 0 Å². The van der Waals surface area contributed by atoms with Gasteiger partial charge in [-0.1, -0.05) is 64.8 Å². The monoisotopic (exact) mass is 479 g/mol. The van der Waals surface area contributed by atoms with Gasteiger partial charge in [-0.3, -0.25) is 9.59 Å². The number of thioether (sulfide) groups is 1. The number of carbonyl (C=O) groups excluding carboxylic acids is 1. The molecule has 2 aromatic carbocycles. The fourth-order valence-electron chi connectivity index (χ4n) is 2.70. The van der Waals surface area contributed by atoms with Crippen LogP contribution in [0.5, 0.6) is 0 Å². The Bertz CT molecular complexity index is 1280. The quantitative estimate of drug-likeness (QED) is 0.316. The lowest BCUT2D eigenvalue weighted by Gasteiger charge is -2.09. The third kappa shape index (κ3) is 4.32. The molecule has 0 aliphatic carbocycles. The van der Waals surface area contributed by atoms with Gasteiger partial charge in [-0.25, -0.2) is 9.67 Å². The molecule has 4 rings (SSSR count). The van der Waals surface area contributed by atoms with Gasteiger partial charge in [0.25, 0.3) is 5.56 Å².